The summed E-state index contributed by atoms with van der Waals surface area (Å²) in [6.45, 7) is 8.62. The Morgan fingerprint density at radius 2 is 1.64 bits per heavy atom. The van der Waals surface area contributed by atoms with Crippen molar-refractivity contribution in [3.63, 3.8) is 0 Å². The van der Waals surface area contributed by atoms with Gasteiger partial charge in [0.2, 0.25) is 29.2 Å². The van der Waals surface area contributed by atoms with Gasteiger partial charge in [0.25, 0.3) is 0 Å². The monoisotopic (exact) mass is 632 g/mol. The summed E-state index contributed by atoms with van der Waals surface area (Å²) < 4.78 is 34.7. The zero-order valence-corrected chi connectivity index (χ0v) is 26.3. The van der Waals surface area contributed by atoms with E-state index in [0.717, 1.165) is 12.1 Å². The first-order valence-corrected chi connectivity index (χ1v) is 14.6. The van der Waals surface area contributed by atoms with Gasteiger partial charge in [0.15, 0.2) is 11.6 Å². The first kappa shape index (κ1) is 31.5. The quantitative estimate of drug-likeness (QED) is 0.168. The second kappa shape index (κ2) is 12.2. The van der Waals surface area contributed by atoms with Gasteiger partial charge < -0.3 is 15.5 Å². The van der Waals surface area contributed by atoms with Crippen molar-refractivity contribution in [1.82, 2.24) is 19.7 Å². The summed E-state index contributed by atoms with van der Waals surface area (Å²) in [5, 5.41) is 5.59. The number of aromatic amines is 1. The number of hydrogen-bond donors (Lipinski definition) is 2. The standard InChI is InChI=1S/C32H31F2N6O4P/c1-15(2)31(42)39(32(43)16(3)4)24-12-22-18(11-26(24)45)10-23(38-22)28(41)19-13-37-40(30(19)35)25-14-36-27(9-17(25)5)44-29-20(33)7-6-8-21(29)34/h6-16,38H,35,45H2,1-5H3. The Hall–Kier alpha value is -4.96. The fourth-order valence-corrected chi connectivity index (χ4v) is 5.11. The van der Waals surface area contributed by atoms with Gasteiger partial charge in [-0.2, -0.15) is 5.10 Å². The van der Waals surface area contributed by atoms with Gasteiger partial charge in [-0.05, 0) is 48.1 Å². The third kappa shape index (κ3) is 5.93. The van der Waals surface area contributed by atoms with Crippen LogP contribution in [0.1, 0.15) is 49.3 Å². The van der Waals surface area contributed by atoms with E-state index >= 15 is 0 Å². The molecule has 2 amide bonds. The smallest absolute Gasteiger partial charge is 0.236 e. The van der Waals surface area contributed by atoms with Crippen molar-refractivity contribution < 1.29 is 27.9 Å². The minimum Gasteiger partial charge on any atom is -0.433 e. The maximum atomic E-state index is 14.0. The van der Waals surface area contributed by atoms with Crippen molar-refractivity contribution in [1.29, 1.82) is 0 Å². The highest BCUT2D eigenvalue weighted by Crippen LogP contribution is 2.30. The summed E-state index contributed by atoms with van der Waals surface area (Å²) >= 11 is 0. The van der Waals surface area contributed by atoms with Gasteiger partial charge in [0, 0.05) is 28.8 Å². The number of hydrogen-bond acceptors (Lipinski definition) is 7. The first-order valence-electron chi connectivity index (χ1n) is 14.1. The van der Waals surface area contributed by atoms with Crippen LogP contribution in [-0.2, 0) is 9.59 Å². The summed E-state index contributed by atoms with van der Waals surface area (Å²) in [4.78, 5) is 48.1. The van der Waals surface area contributed by atoms with Crippen molar-refractivity contribution in [2.45, 2.75) is 34.6 Å². The van der Waals surface area contributed by atoms with Gasteiger partial charge in [0.05, 0.1) is 35.0 Å². The minimum atomic E-state index is -0.870. The zero-order chi connectivity index (χ0) is 32.7. The molecule has 0 saturated carbocycles. The predicted molar refractivity (Wildman–Crippen MR) is 170 cm³/mol. The van der Waals surface area contributed by atoms with Gasteiger partial charge in [0.1, 0.15) is 5.82 Å². The number of aromatic nitrogens is 4. The summed E-state index contributed by atoms with van der Waals surface area (Å²) in [6, 6.07) is 9.95. The Balaban J connectivity index is 1.45. The molecule has 3 heterocycles. The number of carbonyl (C=O) groups excluding carboxylic acids is 3. The highest BCUT2D eigenvalue weighted by Gasteiger charge is 2.29. The molecule has 0 saturated heterocycles. The fraction of sp³-hybridized carbons (Fsp3) is 0.219. The lowest BCUT2D eigenvalue weighted by atomic mass is 10.1. The maximum absolute atomic E-state index is 14.0. The fourth-order valence-electron chi connectivity index (χ4n) is 4.72. The molecule has 5 aromatic rings. The number of rotatable bonds is 8. The minimum absolute atomic E-state index is 0.0426. The van der Waals surface area contributed by atoms with Crippen molar-refractivity contribution in [3.8, 4) is 17.3 Å². The lowest BCUT2D eigenvalue weighted by Gasteiger charge is -2.26. The van der Waals surface area contributed by atoms with Crippen LogP contribution >= 0.6 is 9.24 Å². The molecular formula is C32H31F2N6O4P. The van der Waals surface area contributed by atoms with Gasteiger partial charge in [-0.15, -0.1) is 9.24 Å². The number of nitrogen functional groups attached to an aromatic ring is 1. The second-order valence-electron chi connectivity index (χ2n) is 11.1. The number of nitrogens with two attached hydrogens (primary N) is 1. The molecule has 232 valence electrons. The van der Waals surface area contributed by atoms with Crippen LogP contribution in [0.15, 0.2) is 54.9 Å². The van der Waals surface area contributed by atoms with Crippen molar-refractivity contribution in [3.05, 3.63) is 83.3 Å². The molecule has 3 aromatic heterocycles. The Morgan fingerprint density at radius 3 is 2.24 bits per heavy atom. The van der Waals surface area contributed by atoms with Crippen LogP contribution in [0.5, 0.6) is 11.6 Å². The normalized spacial score (nSPS) is 11.4. The summed E-state index contributed by atoms with van der Waals surface area (Å²) in [5.41, 5.74) is 8.65. The van der Waals surface area contributed by atoms with Crippen LogP contribution in [0, 0.1) is 30.4 Å². The molecular weight excluding hydrogens is 601 g/mol. The number of amides is 2. The number of carbonyl (C=O) groups is 3. The van der Waals surface area contributed by atoms with Crippen LogP contribution in [-0.4, -0.2) is 37.3 Å². The molecule has 13 heteroatoms. The van der Waals surface area contributed by atoms with Gasteiger partial charge in [-0.1, -0.05) is 33.8 Å². The molecule has 0 aliphatic carbocycles. The predicted octanol–water partition coefficient (Wildman–Crippen LogP) is 5.61. The summed E-state index contributed by atoms with van der Waals surface area (Å²) in [7, 11) is 2.55. The van der Waals surface area contributed by atoms with Crippen LogP contribution in [0.3, 0.4) is 0 Å². The SMILES string of the molecule is Cc1cc(Oc2c(F)cccc2F)ncc1-n1ncc(C(=O)c2cc3cc(P)c(N(C(=O)C(C)C)C(=O)C(C)C)cc3[nH]2)c1N. The molecule has 1 atom stereocenters. The van der Waals surface area contributed by atoms with Crippen molar-refractivity contribution in [2.24, 2.45) is 11.8 Å². The number of benzene rings is 2. The van der Waals surface area contributed by atoms with E-state index in [0.29, 0.717) is 33.1 Å². The van der Waals surface area contributed by atoms with E-state index in [1.165, 1.54) is 34.1 Å². The van der Waals surface area contributed by atoms with E-state index in [9.17, 15) is 23.2 Å². The molecule has 1 unspecified atom stereocenters. The van der Waals surface area contributed by atoms with Crippen molar-refractivity contribution >= 4 is 54.6 Å². The van der Waals surface area contributed by atoms with E-state index in [1.807, 2.05) is 0 Å². The Morgan fingerprint density at radius 1 is 1.00 bits per heavy atom. The molecule has 0 fully saturated rings. The van der Waals surface area contributed by atoms with Crippen LogP contribution in [0.4, 0.5) is 20.3 Å². The Bertz CT molecular complexity index is 1940. The van der Waals surface area contributed by atoms with Crippen molar-refractivity contribution in [2.75, 3.05) is 10.6 Å². The first-order chi connectivity index (χ1) is 21.3. The Kier molecular flexibility index (Phi) is 8.53. The van der Waals surface area contributed by atoms with E-state index in [2.05, 4.69) is 24.3 Å². The maximum Gasteiger partial charge on any atom is 0.236 e. The average Bonchev–Trinajstić information content (AvgIpc) is 3.57. The molecule has 0 radical (unpaired) electrons. The summed E-state index contributed by atoms with van der Waals surface area (Å²) in [6.07, 6.45) is 2.70. The topological polar surface area (TPSA) is 136 Å². The van der Waals surface area contributed by atoms with Crippen LogP contribution < -0.4 is 20.7 Å². The lowest BCUT2D eigenvalue weighted by Crippen LogP contribution is -2.43. The molecule has 45 heavy (non-hydrogen) atoms. The number of ether oxygens (including phenoxy) is 1. The number of H-pyrrole nitrogens is 1. The molecule has 2 aromatic carbocycles. The molecule has 0 aliphatic heterocycles. The number of para-hydroxylation sites is 1. The molecule has 0 bridgehead atoms. The van der Waals surface area contributed by atoms with Gasteiger partial charge in [-0.25, -0.2) is 23.3 Å². The third-order valence-corrected chi connectivity index (χ3v) is 7.61. The Labute approximate surface area is 259 Å². The average molecular weight is 633 g/mol. The highest BCUT2D eigenvalue weighted by atomic mass is 31.0. The number of pyridine rings is 1. The molecule has 3 N–H and O–H groups in total. The largest absolute Gasteiger partial charge is 0.433 e. The number of halogens is 2. The lowest BCUT2D eigenvalue weighted by molar-refractivity contribution is -0.129. The van der Waals surface area contributed by atoms with Crippen LogP contribution in [0.25, 0.3) is 16.6 Å². The second-order valence-corrected chi connectivity index (χ2v) is 11.8. The molecule has 5 rings (SSSR count). The third-order valence-electron chi connectivity index (χ3n) is 7.15. The number of fused-ring (bicyclic) bond motifs is 1. The van der Waals surface area contributed by atoms with Gasteiger partial charge >= 0.3 is 0 Å². The van der Waals surface area contributed by atoms with E-state index in [4.69, 9.17) is 10.5 Å². The van der Waals surface area contributed by atoms with Gasteiger partial charge in [-0.3, -0.25) is 14.4 Å². The van der Waals surface area contributed by atoms with E-state index < -0.39 is 35.0 Å². The highest BCUT2D eigenvalue weighted by molar-refractivity contribution is 7.28. The summed E-state index contributed by atoms with van der Waals surface area (Å²) in [5.74, 6) is -4.23. The zero-order valence-electron chi connectivity index (χ0n) is 25.2. The number of aryl methyl sites for hydroxylation is 1. The molecule has 0 aliphatic rings. The number of ketones is 1. The number of nitrogens with zero attached hydrogens (tertiary/aromatic N) is 4. The van der Waals surface area contributed by atoms with E-state index in [-0.39, 0.29) is 34.8 Å². The van der Waals surface area contributed by atoms with E-state index in [1.54, 1.807) is 52.8 Å². The molecule has 10 nitrogen and oxygen atoms in total. The number of imide groups is 1. The molecule has 0 spiro atoms. The van der Waals surface area contributed by atoms with Crippen LogP contribution in [0.2, 0.25) is 0 Å². The number of nitrogens with one attached hydrogen (secondary N) is 1. The number of anilines is 2.